The Morgan fingerprint density at radius 2 is 1.85 bits per heavy atom. The van der Waals surface area contributed by atoms with Crippen LogP contribution in [0.2, 0.25) is 0 Å². The van der Waals surface area contributed by atoms with Gasteiger partial charge in [0, 0.05) is 24.5 Å². The quantitative estimate of drug-likeness (QED) is 0.147. The van der Waals surface area contributed by atoms with Crippen LogP contribution in [0.25, 0.3) is 0 Å². The maximum absolute atomic E-state index is 11.9. The molecule has 0 aromatic heterocycles. The van der Waals surface area contributed by atoms with Crippen LogP contribution >= 0.6 is 0 Å². The standard InChI is InChI=1S/C24H28N2O13/c27-8-17-18(29)19(30)20(31)24(39-17)38-16-6-10-5-14(23(36)37)26(13(10)7-15(16)28)2-1-9-3-11(21(32)33)25-12(4-9)22(34)35/h1,3,6-7,12,14,17-20,24-25,27-31H,2,4-5,8H2,(H,32,33)(H,34,35)(H,36,37). The van der Waals surface area contributed by atoms with Gasteiger partial charge in [-0.2, -0.15) is 0 Å². The fourth-order valence-electron chi connectivity index (χ4n) is 4.89. The molecule has 1 saturated heterocycles. The normalized spacial score (nSPS) is 33.1. The molecule has 8 unspecified atom stereocenters. The summed E-state index contributed by atoms with van der Waals surface area (Å²) in [5.41, 5.74) is 0.848. The van der Waals surface area contributed by atoms with E-state index in [1.807, 2.05) is 0 Å². The van der Waals surface area contributed by atoms with Gasteiger partial charge in [0.2, 0.25) is 6.29 Å². The van der Waals surface area contributed by atoms with Gasteiger partial charge >= 0.3 is 11.9 Å². The highest BCUT2D eigenvalue weighted by Crippen LogP contribution is 2.36. The van der Waals surface area contributed by atoms with Gasteiger partial charge in [-0.05, 0) is 23.8 Å². The number of hydrogen-bond acceptors (Lipinski definition) is 12. The largest absolute Gasteiger partial charge is 0.544 e. The first-order chi connectivity index (χ1) is 18.4. The minimum atomic E-state index is -1.73. The Hall–Kier alpha value is -3.73. The molecule has 0 bridgehead atoms. The van der Waals surface area contributed by atoms with Crippen LogP contribution in [-0.2, 0) is 25.5 Å². The number of aliphatic hydroxyl groups excluding tert-OH is 4. The molecule has 0 aliphatic carbocycles. The van der Waals surface area contributed by atoms with E-state index in [1.54, 1.807) is 0 Å². The van der Waals surface area contributed by atoms with E-state index in [4.69, 9.17) is 9.47 Å². The molecule has 15 nitrogen and oxygen atoms in total. The number of carboxylic acids is 3. The Bertz CT molecular complexity index is 1210. The summed E-state index contributed by atoms with van der Waals surface area (Å²) in [7, 11) is 0. The maximum Gasteiger partial charge on any atom is 0.351 e. The van der Waals surface area contributed by atoms with Gasteiger partial charge < -0.3 is 60.4 Å². The van der Waals surface area contributed by atoms with Crippen molar-refractivity contribution >= 4 is 23.6 Å². The predicted octanol–water partition coefficient (Wildman–Crippen LogP) is -4.90. The van der Waals surface area contributed by atoms with Crippen molar-refractivity contribution in [3.8, 4) is 11.5 Å². The Kier molecular flexibility index (Phi) is 8.10. The lowest BCUT2D eigenvalue weighted by molar-refractivity contribution is -0.840. The fourth-order valence-corrected chi connectivity index (χ4v) is 4.89. The number of carbonyl (C=O) groups excluding carboxylic acids is 1. The maximum atomic E-state index is 11.9. The third-order valence-electron chi connectivity index (χ3n) is 6.96. The first-order valence-corrected chi connectivity index (χ1v) is 11.9. The summed E-state index contributed by atoms with van der Waals surface area (Å²) in [6, 6.07) is 0.275. The second kappa shape index (κ2) is 11.2. The molecule has 8 atom stereocenters. The van der Waals surface area contributed by atoms with Crippen LogP contribution in [0.15, 0.2) is 35.6 Å². The number of carbonyl (C=O) groups is 3. The Morgan fingerprint density at radius 3 is 2.46 bits per heavy atom. The minimum Gasteiger partial charge on any atom is -0.544 e. The van der Waals surface area contributed by atoms with Crippen molar-refractivity contribution < 1.29 is 69.6 Å². The number of aliphatic hydroxyl groups is 4. The molecule has 0 saturated carbocycles. The van der Waals surface area contributed by atoms with Crippen LogP contribution in [0.1, 0.15) is 12.0 Å². The zero-order valence-corrected chi connectivity index (χ0v) is 20.3. The SMILES string of the molecule is O=C(O)C1=CC(=CC[NH+]2c3cc(O)c(OC4OC(CO)C(O)C(O)C4O)cc3CC2C(=O)[O-])CC(C(=O)O)N1. The van der Waals surface area contributed by atoms with Gasteiger partial charge in [-0.1, -0.05) is 0 Å². The number of fused-ring (bicyclic) bond motifs is 1. The summed E-state index contributed by atoms with van der Waals surface area (Å²) in [5, 5.41) is 83.0. The van der Waals surface area contributed by atoms with Gasteiger partial charge in [0.1, 0.15) is 60.4 Å². The molecule has 1 aromatic rings. The van der Waals surface area contributed by atoms with E-state index in [0.717, 1.165) is 0 Å². The van der Waals surface area contributed by atoms with E-state index in [1.165, 1.54) is 24.3 Å². The number of hydrogen-bond donors (Lipinski definition) is 9. The van der Waals surface area contributed by atoms with Crippen molar-refractivity contribution in [2.24, 2.45) is 0 Å². The molecule has 3 aliphatic rings. The number of aliphatic carboxylic acids is 3. The van der Waals surface area contributed by atoms with E-state index in [9.17, 15) is 55.2 Å². The number of allylic oxidation sites excluding steroid dienone is 1. The molecular formula is C24H28N2O13. The smallest absolute Gasteiger partial charge is 0.351 e. The minimum absolute atomic E-state index is 0.0108. The summed E-state index contributed by atoms with van der Waals surface area (Å²) in [5.74, 6) is -4.68. The number of rotatable bonds is 8. The number of ether oxygens (including phenoxy) is 2. The van der Waals surface area contributed by atoms with E-state index < -0.39 is 73.1 Å². The number of quaternary nitrogens is 1. The number of nitrogens with one attached hydrogen (secondary N) is 2. The van der Waals surface area contributed by atoms with Gasteiger partial charge in [-0.3, -0.25) is 4.90 Å². The second-order valence-electron chi connectivity index (χ2n) is 9.48. The van der Waals surface area contributed by atoms with Crippen LogP contribution in [0, 0.1) is 0 Å². The molecule has 0 spiro atoms. The van der Waals surface area contributed by atoms with Gasteiger partial charge in [0.25, 0.3) is 0 Å². The average molecular weight is 552 g/mol. The summed E-state index contributed by atoms with van der Waals surface area (Å²) in [6.07, 6.45) is -5.17. The molecular weight excluding hydrogens is 524 g/mol. The van der Waals surface area contributed by atoms with Crippen LogP contribution < -0.4 is 20.1 Å². The number of benzene rings is 1. The van der Waals surface area contributed by atoms with Crippen LogP contribution in [0.3, 0.4) is 0 Å². The molecule has 4 rings (SSSR count). The molecule has 3 aliphatic heterocycles. The van der Waals surface area contributed by atoms with Crippen LogP contribution in [0.4, 0.5) is 5.69 Å². The monoisotopic (exact) mass is 552 g/mol. The summed E-state index contributed by atoms with van der Waals surface area (Å²) < 4.78 is 10.8. The highest BCUT2D eigenvalue weighted by molar-refractivity contribution is 5.89. The Balaban J connectivity index is 1.59. The molecule has 15 heteroatoms. The molecule has 1 fully saturated rings. The molecule has 212 valence electrons. The molecule has 1 aromatic carbocycles. The van der Waals surface area contributed by atoms with Crippen LogP contribution in [-0.4, -0.2) is 110 Å². The first kappa shape index (κ1) is 28.3. The van der Waals surface area contributed by atoms with E-state index >= 15 is 0 Å². The number of phenolic OH excluding ortho intramolecular Hbond substituents is 1. The van der Waals surface area contributed by atoms with Crippen molar-refractivity contribution in [2.75, 3.05) is 13.2 Å². The van der Waals surface area contributed by atoms with E-state index in [2.05, 4.69) is 5.32 Å². The van der Waals surface area contributed by atoms with Crippen molar-refractivity contribution in [1.29, 1.82) is 0 Å². The number of aromatic hydroxyl groups is 1. The summed E-state index contributed by atoms with van der Waals surface area (Å²) in [6.45, 7) is -0.697. The van der Waals surface area contributed by atoms with Crippen LogP contribution in [0.5, 0.6) is 11.5 Å². The molecule has 0 amide bonds. The third kappa shape index (κ3) is 5.68. The van der Waals surface area contributed by atoms with Crippen molar-refractivity contribution in [2.45, 2.75) is 55.6 Å². The zero-order chi connectivity index (χ0) is 28.6. The lowest BCUT2D eigenvalue weighted by Gasteiger charge is -2.39. The lowest BCUT2D eigenvalue weighted by atomic mass is 9.99. The predicted molar refractivity (Wildman–Crippen MR) is 123 cm³/mol. The van der Waals surface area contributed by atoms with Gasteiger partial charge in [0.05, 0.1) is 6.61 Å². The van der Waals surface area contributed by atoms with Crippen molar-refractivity contribution in [3.63, 3.8) is 0 Å². The number of phenols is 1. The number of carboxylic acid groups (broad SMARTS) is 3. The van der Waals surface area contributed by atoms with Gasteiger partial charge in [-0.15, -0.1) is 0 Å². The highest BCUT2D eigenvalue weighted by atomic mass is 16.7. The topological polar surface area (TPSA) is 251 Å². The Morgan fingerprint density at radius 1 is 1.13 bits per heavy atom. The zero-order valence-electron chi connectivity index (χ0n) is 20.3. The molecule has 9 N–H and O–H groups in total. The Labute approximate surface area is 220 Å². The molecule has 39 heavy (non-hydrogen) atoms. The summed E-state index contributed by atoms with van der Waals surface area (Å²) >= 11 is 0. The van der Waals surface area contributed by atoms with Gasteiger partial charge in [-0.25, -0.2) is 9.59 Å². The fraction of sp³-hybridized carbons (Fsp3) is 0.458. The third-order valence-corrected chi connectivity index (χ3v) is 6.96. The second-order valence-corrected chi connectivity index (χ2v) is 9.48. The average Bonchev–Trinajstić information content (AvgIpc) is 3.24. The first-order valence-electron chi connectivity index (χ1n) is 11.9. The van der Waals surface area contributed by atoms with E-state index in [0.29, 0.717) is 21.7 Å². The van der Waals surface area contributed by atoms with E-state index in [-0.39, 0.29) is 30.8 Å². The highest BCUT2D eigenvalue weighted by Gasteiger charge is 2.45. The van der Waals surface area contributed by atoms with Crippen molar-refractivity contribution in [1.82, 2.24) is 5.32 Å². The van der Waals surface area contributed by atoms with Crippen molar-refractivity contribution in [3.05, 3.63) is 41.1 Å². The van der Waals surface area contributed by atoms with Gasteiger partial charge in [0.15, 0.2) is 11.5 Å². The molecule has 3 heterocycles. The molecule has 0 radical (unpaired) electrons. The summed E-state index contributed by atoms with van der Waals surface area (Å²) in [4.78, 5) is 35.1. The lowest BCUT2D eigenvalue weighted by Crippen LogP contribution is -3.11.